The average molecular weight is 417 g/mol. The van der Waals surface area contributed by atoms with Gasteiger partial charge in [0.25, 0.3) is 0 Å². The van der Waals surface area contributed by atoms with Crippen LogP contribution in [-0.4, -0.2) is 0 Å². The number of aryl methyl sites for hydroxylation is 2. The fourth-order valence-corrected chi connectivity index (χ4v) is 7.73. The molecule has 0 radical (unpaired) electrons. The smallest absolute Gasteiger partial charge is 0.0464 e. The second-order valence-corrected chi connectivity index (χ2v) is 11.2. The molecule has 0 amide bonds. The van der Waals surface area contributed by atoms with E-state index in [4.69, 9.17) is 0 Å². The van der Waals surface area contributed by atoms with Crippen LogP contribution in [0.5, 0.6) is 0 Å². The minimum atomic E-state index is 1.23. The lowest BCUT2D eigenvalue weighted by molar-refractivity contribution is 0.804. The van der Waals surface area contributed by atoms with Gasteiger partial charge in [-0.2, -0.15) is 0 Å². The van der Waals surface area contributed by atoms with Gasteiger partial charge in [0, 0.05) is 38.7 Å². The van der Waals surface area contributed by atoms with Gasteiger partial charge in [0.05, 0.1) is 0 Å². The van der Waals surface area contributed by atoms with E-state index in [-0.39, 0.29) is 0 Å². The molecule has 0 atom stereocenters. The Hall–Kier alpha value is -0.940. The highest BCUT2D eigenvalue weighted by Gasteiger charge is 2.12. The summed E-state index contributed by atoms with van der Waals surface area (Å²) in [5.41, 5.74) is 0. The summed E-state index contributed by atoms with van der Waals surface area (Å²) in [5.74, 6) is 0. The third kappa shape index (κ3) is 3.99. The van der Waals surface area contributed by atoms with Crippen LogP contribution in [0.2, 0.25) is 0 Å². The summed E-state index contributed by atoms with van der Waals surface area (Å²) in [6.45, 7) is 4.53. The first-order valence-corrected chi connectivity index (χ1v) is 12.7. The Morgan fingerprint density at radius 2 is 1.04 bits per heavy atom. The molecule has 0 saturated heterocycles. The third-order valence-corrected chi connectivity index (χ3v) is 9.54. The van der Waals surface area contributed by atoms with E-state index in [9.17, 15) is 0 Å². The molecule has 0 aromatic carbocycles. The zero-order valence-corrected chi connectivity index (χ0v) is 18.6. The first kappa shape index (κ1) is 18.4. The zero-order chi connectivity index (χ0) is 17.9. The van der Waals surface area contributed by atoms with E-state index in [1.165, 1.54) is 77.2 Å². The van der Waals surface area contributed by atoms with Crippen LogP contribution >= 0.6 is 45.3 Å². The van der Waals surface area contributed by atoms with Gasteiger partial charge in [-0.05, 0) is 62.1 Å². The molecule has 0 aliphatic carbocycles. The van der Waals surface area contributed by atoms with Crippen LogP contribution in [0.25, 0.3) is 28.9 Å². The van der Waals surface area contributed by atoms with E-state index in [0.717, 1.165) is 0 Å². The molecular weight excluding hydrogens is 393 g/mol. The maximum absolute atomic E-state index is 2.40. The van der Waals surface area contributed by atoms with Gasteiger partial charge < -0.3 is 0 Å². The average Bonchev–Trinajstić information content (AvgIpc) is 3.39. The van der Waals surface area contributed by atoms with Gasteiger partial charge in [-0.25, -0.2) is 0 Å². The number of rotatable bonds is 8. The topological polar surface area (TPSA) is 0 Å². The van der Waals surface area contributed by atoms with Crippen LogP contribution in [0.1, 0.15) is 49.3 Å². The van der Waals surface area contributed by atoms with Gasteiger partial charge in [0.15, 0.2) is 0 Å². The van der Waals surface area contributed by atoms with Crippen molar-refractivity contribution < 1.29 is 0 Å². The number of fused-ring (bicyclic) bond motifs is 1. The van der Waals surface area contributed by atoms with Crippen LogP contribution < -0.4 is 0 Å². The van der Waals surface area contributed by atoms with Gasteiger partial charge in [0.2, 0.25) is 0 Å². The fraction of sp³-hybridized carbons (Fsp3) is 0.364. The highest BCUT2D eigenvalue weighted by molar-refractivity contribution is 7.33. The van der Waals surface area contributed by atoms with Crippen molar-refractivity contribution in [3.05, 3.63) is 46.2 Å². The molecule has 4 aromatic rings. The Morgan fingerprint density at radius 1 is 0.577 bits per heavy atom. The summed E-state index contributed by atoms with van der Waals surface area (Å²) in [5, 5.41) is 0. The minimum Gasteiger partial charge on any atom is -0.139 e. The number of thiophene rings is 4. The molecular formula is C22H24S4. The SMILES string of the molecule is CCCCc1ccc(-c2cc3sc(-c4ccc(CCCC)s4)cc3s2)s1. The Morgan fingerprint density at radius 3 is 1.46 bits per heavy atom. The zero-order valence-electron chi connectivity index (χ0n) is 15.3. The molecule has 4 aromatic heterocycles. The first-order valence-electron chi connectivity index (χ1n) is 9.48. The fourth-order valence-electron chi connectivity index (χ4n) is 3.07. The molecule has 26 heavy (non-hydrogen) atoms. The lowest BCUT2D eigenvalue weighted by atomic mass is 10.2. The number of hydrogen-bond acceptors (Lipinski definition) is 4. The van der Waals surface area contributed by atoms with E-state index in [1.807, 2.05) is 45.3 Å². The molecule has 0 aliphatic heterocycles. The molecule has 0 N–H and O–H groups in total. The molecule has 0 fully saturated rings. The first-order chi connectivity index (χ1) is 12.8. The monoisotopic (exact) mass is 416 g/mol. The molecule has 4 rings (SSSR count). The summed E-state index contributed by atoms with van der Waals surface area (Å²) < 4.78 is 2.87. The van der Waals surface area contributed by atoms with Crippen molar-refractivity contribution >= 4 is 54.7 Å². The number of hydrogen-bond donors (Lipinski definition) is 0. The molecule has 0 unspecified atom stereocenters. The van der Waals surface area contributed by atoms with Crippen LogP contribution in [0.4, 0.5) is 0 Å². The predicted octanol–water partition coefficient (Wildman–Crippen LogP) is 9.10. The Bertz CT molecular complexity index is 872. The summed E-state index contributed by atoms with van der Waals surface area (Å²) in [4.78, 5) is 8.78. The predicted molar refractivity (Wildman–Crippen MR) is 124 cm³/mol. The summed E-state index contributed by atoms with van der Waals surface area (Å²) in [6, 6.07) is 14.1. The van der Waals surface area contributed by atoms with Crippen LogP contribution in [0.15, 0.2) is 36.4 Å². The molecule has 0 nitrogen and oxygen atoms in total. The second-order valence-electron chi connectivity index (χ2n) is 6.69. The molecule has 0 aliphatic rings. The Balaban J connectivity index is 1.53. The van der Waals surface area contributed by atoms with E-state index < -0.39 is 0 Å². The summed E-state index contributed by atoms with van der Waals surface area (Å²) >= 11 is 7.84. The van der Waals surface area contributed by atoms with Crippen molar-refractivity contribution in [1.29, 1.82) is 0 Å². The molecule has 0 bridgehead atoms. The summed E-state index contributed by atoms with van der Waals surface area (Å²) in [6.07, 6.45) is 7.59. The van der Waals surface area contributed by atoms with Crippen molar-refractivity contribution in [1.82, 2.24) is 0 Å². The second kappa shape index (κ2) is 8.39. The molecule has 0 saturated carbocycles. The van der Waals surface area contributed by atoms with Gasteiger partial charge >= 0.3 is 0 Å². The Labute approximate surface area is 172 Å². The molecule has 4 heteroatoms. The summed E-state index contributed by atoms with van der Waals surface area (Å²) in [7, 11) is 0. The normalized spacial score (nSPS) is 11.6. The maximum atomic E-state index is 2.40. The van der Waals surface area contributed by atoms with E-state index in [0.29, 0.717) is 0 Å². The van der Waals surface area contributed by atoms with Gasteiger partial charge in [0.1, 0.15) is 0 Å². The number of unbranched alkanes of at least 4 members (excludes halogenated alkanes) is 2. The van der Waals surface area contributed by atoms with Crippen molar-refractivity contribution in [2.45, 2.75) is 52.4 Å². The molecule has 136 valence electrons. The van der Waals surface area contributed by atoms with Crippen molar-refractivity contribution in [2.24, 2.45) is 0 Å². The highest BCUT2D eigenvalue weighted by atomic mass is 32.1. The van der Waals surface area contributed by atoms with Crippen molar-refractivity contribution in [3.63, 3.8) is 0 Å². The highest BCUT2D eigenvalue weighted by Crippen LogP contribution is 2.44. The third-order valence-electron chi connectivity index (χ3n) is 4.57. The van der Waals surface area contributed by atoms with Crippen LogP contribution in [0, 0.1) is 0 Å². The lowest BCUT2D eigenvalue weighted by Gasteiger charge is -1.93. The van der Waals surface area contributed by atoms with Gasteiger partial charge in [-0.3, -0.25) is 0 Å². The molecule has 0 spiro atoms. The van der Waals surface area contributed by atoms with E-state index in [2.05, 4.69) is 50.2 Å². The standard InChI is InChI=1S/C22H24S4/c1-3-5-7-15-9-11-17(23-15)19-13-21-22(25-19)14-20(26-21)18-12-10-16(24-18)8-6-4-2/h9-14H,3-8H2,1-2H3. The quantitative estimate of drug-likeness (QED) is 0.268. The van der Waals surface area contributed by atoms with E-state index in [1.54, 1.807) is 0 Å². The van der Waals surface area contributed by atoms with Crippen LogP contribution in [-0.2, 0) is 12.8 Å². The van der Waals surface area contributed by atoms with E-state index >= 15 is 0 Å². The lowest BCUT2D eigenvalue weighted by Crippen LogP contribution is -1.76. The molecule has 4 heterocycles. The maximum Gasteiger partial charge on any atom is 0.0464 e. The van der Waals surface area contributed by atoms with Gasteiger partial charge in [-0.15, -0.1) is 45.3 Å². The van der Waals surface area contributed by atoms with Crippen molar-refractivity contribution in [2.75, 3.05) is 0 Å². The van der Waals surface area contributed by atoms with Gasteiger partial charge in [-0.1, -0.05) is 26.7 Å². The van der Waals surface area contributed by atoms with Crippen molar-refractivity contribution in [3.8, 4) is 19.5 Å². The minimum absolute atomic E-state index is 1.23. The largest absolute Gasteiger partial charge is 0.139 e. The Kier molecular flexibility index (Phi) is 5.94. The van der Waals surface area contributed by atoms with Crippen LogP contribution in [0.3, 0.4) is 0 Å².